The number of rotatable bonds is 6. The van der Waals surface area contributed by atoms with E-state index >= 15 is 0 Å². The first-order valence-electron chi connectivity index (χ1n) is 7.85. The van der Waals surface area contributed by atoms with Crippen molar-refractivity contribution in [1.29, 1.82) is 0 Å². The number of hydrogen-bond acceptors (Lipinski definition) is 2. The number of nitrogens with one attached hydrogen (secondary N) is 1. The van der Waals surface area contributed by atoms with Gasteiger partial charge in [0.05, 0.1) is 0 Å². The van der Waals surface area contributed by atoms with E-state index in [-0.39, 0.29) is 11.9 Å². The molecular weight excluding hydrogens is 330 g/mol. The van der Waals surface area contributed by atoms with Gasteiger partial charge in [-0.05, 0) is 55.7 Å². The average Bonchev–Trinajstić information content (AvgIpc) is 3.07. The van der Waals surface area contributed by atoms with Crippen molar-refractivity contribution in [3.05, 3.63) is 22.4 Å². The molecule has 0 radical (unpaired) electrons. The van der Waals surface area contributed by atoms with E-state index in [1.54, 1.807) is 0 Å². The molecule has 0 aromatic carbocycles. The van der Waals surface area contributed by atoms with Crippen LogP contribution in [0, 0.1) is 0 Å². The molecule has 0 bridgehead atoms. The molecule has 1 aliphatic carbocycles. The van der Waals surface area contributed by atoms with Gasteiger partial charge in [-0.15, -0.1) is 0 Å². The Labute approximate surface area is 136 Å². The second kappa shape index (κ2) is 7.45. The predicted molar refractivity (Wildman–Crippen MR) is 89.7 cm³/mol. The van der Waals surface area contributed by atoms with Crippen LogP contribution in [-0.2, 0) is 0 Å². The van der Waals surface area contributed by atoms with Crippen LogP contribution in [0.15, 0.2) is 16.7 Å². The van der Waals surface area contributed by atoms with Crippen molar-refractivity contribution in [2.75, 3.05) is 20.1 Å². The molecule has 1 saturated carbocycles. The summed E-state index contributed by atoms with van der Waals surface area (Å²) in [6.45, 7) is 5.78. The number of halogens is 1. The molecule has 1 N–H and O–H groups in total. The van der Waals surface area contributed by atoms with Crippen molar-refractivity contribution in [2.45, 2.75) is 51.6 Å². The number of likely N-dealkylation sites (N-methyl/N-ethyl adjacent to an activating group) is 1. The van der Waals surface area contributed by atoms with Crippen LogP contribution >= 0.6 is 15.9 Å². The molecule has 1 fully saturated rings. The quantitative estimate of drug-likeness (QED) is 0.848. The summed E-state index contributed by atoms with van der Waals surface area (Å²) >= 11 is 3.45. The third-order valence-electron chi connectivity index (χ3n) is 4.30. The number of hydrogen-bond donors (Lipinski definition) is 1. The zero-order valence-electron chi connectivity index (χ0n) is 13.2. The zero-order valence-corrected chi connectivity index (χ0v) is 14.8. The molecule has 0 atom stereocenters. The van der Waals surface area contributed by atoms with Crippen molar-refractivity contribution in [3.63, 3.8) is 0 Å². The topological polar surface area (TPSA) is 37.3 Å². The molecule has 5 heteroatoms. The van der Waals surface area contributed by atoms with Crippen LogP contribution in [-0.4, -0.2) is 41.6 Å². The van der Waals surface area contributed by atoms with Crippen molar-refractivity contribution in [2.24, 2.45) is 0 Å². The molecule has 0 saturated heterocycles. The smallest absolute Gasteiger partial charge is 0.268 e. The van der Waals surface area contributed by atoms with Crippen LogP contribution in [0.25, 0.3) is 0 Å². The van der Waals surface area contributed by atoms with E-state index < -0.39 is 0 Å². The van der Waals surface area contributed by atoms with Crippen molar-refractivity contribution >= 4 is 21.8 Å². The summed E-state index contributed by atoms with van der Waals surface area (Å²) in [5.41, 5.74) is 0.723. The lowest BCUT2D eigenvalue weighted by molar-refractivity contribution is 0.0936. The highest BCUT2D eigenvalue weighted by Gasteiger charge is 2.19. The van der Waals surface area contributed by atoms with Gasteiger partial charge in [0.1, 0.15) is 5.69 Å². The SMILES string of the molecule is CC(C)n1cc(Br)cc1C(=O)NCCN(C)C1CCCC1. The Bertz CT molecular complexity index is 478. The van der Waals surface area contributed by atoms with Gasteiger partial charge in [-0.3, -0.25) is 4.79 Å². The maximum atomic E-state index is 12.3. The van der Waals surface area contributed by atoms with E-state index in [0.717, 1.165) is 16.7 Å². The fourth-order valence-corrected chi connectivity index (χ4v) is 3.46. The lowest BCUT2D eigenvalue weighted by Gasteiger charge is -2.24. The molecule has 1 aromatic rings. The van der Waals surface area contributed by atoms with Crippen LogP contribution in [0.3, 0.4) is 0 Å². The summed E-state index contributed by atoms with van der Waals surface area (Å²) in [5.74, 6) is 0.00854. The Hall–Kier alpha value is -0.810. The fourth-order valence-electron chi connectivity index (χ4n) is 3.02. The highest BCUT2D eigenvalue weighted by atomic mass is 79.9. The standard InChI is InChI=1S/C16H26BrN3O/c1-12(2)20-11-13(17)10-15(20)16(21)18-8-9-19(3)14-6-4-5-7-14/h10-12,14H,4-9H2,1-3H3,(H,18,21). The summed E-state index contributed by atoms with van der Waals surface area (Å²) in [7, 11) is 2.16. The first kappa shape index (κ1) is 16.6. The lowest BCUT2D eigenvalue weighted by atomic mass is 10.2. The van der Waals surface area contributed by atoms with E-state index in [1.165, 1.54) is 25.7 Å². The van der Waals surface area contributed by atoms with Gasteiger partial charge >= 0.3 is 0 Å². The van der Waals surface area contributed by atoms with Gasteiger partial charge in [0.15, 0.2) is 0 Å². The van der Waals surface area contributed by atoms with Gasteiger partial charge in [-0.1, -0.05) is 12.8 Å². The van der Waals surface area contributed by atoms with Crippen LogP contribution in [0.4, 0.5) is 0 Å². The summed E-state index contributed by atoms with van der Waals surface area (Å²) < 4.78 is 2.95. The van der Waals surface area contributed by atoms with Gasteiger partial charge in [0, 0.05) is 35.8 Å². The molecule has 4 nitrogen and oxygen atoms in total. The van der Waals surface area contributed by atoms with Gasteiger partial charge in [0.2, 0.25) is 0 Å². The summed E-state index contributed by atoms with van der Waals surface area (Å²) in [4.78, 5) is 14.7. The van der Waals surface area contributed by atoms with Crippen LogP contribution in [0.2, 0.25) is 0 Å². The van der Waals surface area contributed by atoms with Crippen molar-refractivity contribution < 1.29 is 4.79 Å². The van der Waals surface area contributed by atoms with Crippen LogP contribution in [0.5, 0.6) is 0 Å². The number of amides is 1. The van der Waals surface area contributed by atoms with Gasteiger partial charge in [-0.2, -0.15) is 0 Å². The Morgan fingerprint density at radius 1 is 1.48 bits per heavy atom. The summed E-state index contributed by atoms with van der Waals surface area (Å²) in [6, 6.07) is 2.87. The Kier molecular flexibility index (Phi) is 5.88. The molecule has 1 heterocycles. The molecule has 0 spiro atoms. The van der Waals surface area contributed by atoms with E-state index in [1.807, 2.05) is 16.8 Å². The molecule has 0 aliphatic heterocycles. The zero-order chi connectivity index (χ0) is 15.4. The first-order chi connectivity index (χ1) is 9.99. The molecular formula is C16H26BrN3O. The number of aromatic nitrogens is 1. The van der Waals surface area contributed by atoms with E-state index in [9.17, 15) is 4.79 Å². The minimum Gasteiger partial charge on any atom is -0.349 e. The highest BCUT2D eigenvalue weighted by Crippen LogP contribution is 2.22. The average molecular weight is 356 g/mol. The monoisotopic (exact) mass is 355 g/mol. The molecule has 1 aromatic heterocycles. The summed E-state index contributed by atoms with van der Waals surface area (Å²) in [6.07, 6.45) is 7.25. The van der Waals surface area contributed by atoms with E-state index in [4.69, 9.17) is 0 Å². The number of nitrogens with zero attached hydrogens (tertiary/aromatic N) is 2. The van der Waals surface area contributed by atoms with Crippen molar-refractivity contribution in [1.82, 2.24) is 14.8 Å². The third-order valence-corrected chi connectivity index (χ3v) is 4.74. The second-order valence-electron chi connectivity index (χ2n) is 6.22. The molecule has 0 unspecified atom stereocenters. The van der Waals surface area contributed by atoms with Gasteiger partial charge < -0.3 is 14.8 Å². The molecule has 2 rings (SSSR count). The summed E-state index contributed by atoms with van der Waals surface area (Å²) in [5, 5.41) is 3.04. The molecule has 1 amide bonds. The predicted octanol–water partition coefficient (Wildman–Crippen LogP) is 3.44. The normalized spacial score (nSPS) is 16.1. The minimum atomic E-state index is 0.00854. The van der Waals surface area contributed by atoms with Crippen molar-refractivity contribution in [3.8, 4) is 0 Å². The maximum absolute atomic E-state index is 12.3. The fraction of sp³-hybridized carbons (Fsp3) is 0.688. The highest BCUT2D eigenvalue weighted by molar-refractivity contribution is 9.10. The number of carbonyl (C=O) groups is 1. The van der Waals surface area contributed by atoms with Crippen LogP contribution in [0.1, 0.15) is 56.1 Å². The maximum Gasteiger partial charge on any atom is 0.268 e. The Balaban J connectivity index is 1.84. The Morgan fingerprint density at radius 2 is 2.14 bits per heavy atom. The lowest BCUT2D eigenvalue weighted by Crippen LogP contribution is -2.37. The largest absolute Gasteiger partial charge is 0.349 e. The molecule has 21 heavy (non-hydrogen) atoms. The van der Waals surface area contributed by atoms with Gasteiger partial charge in [0.25, 0.3) is 5.91 Å². The van der Waals surface area contributed by atoms with Gasteiger partial charge in [-0.25, -0.2) is 0 Å². The minimum absolute atomic E-state index is 0.00854. The van der Waals surface area contributed by atoms with E-state index in [2.05, 4.69) is 47.0 Å². The third kappa shape index (κ3) is 4.33. The second-order valence-corrected chi connectivity index (χ2v) is 7.14. The first-order valence-corrected chi connectivity index (χ1v) is 8.64. The molecule has 1 aliphatic rings. The molecule has 118 valence electrons. The van der Waals surface area contributed by atoms with E-state index in [0.29, 0.717) is 12.6 Å². The number of carbonyl (C=O) groups excluding carboxylic acids is 1. The Morgan fingerprint density at radius 3 is 2.76 bits per heavy atom. The van der Waals surface area contributed by atoms with Crippen LogP contribution < -0.4 is 5.32 Å².